The van der Waals surface area contributed by atoms with Gasteiger partial charge in [-0.1, -0.05) is 29.6 Å². The molecule has 0 bridgehead atoms. The monoisotopic (exact) mass is 398 g/mol. The minimum absolute atomic E-state index is 0.00710. The Morgan fingerprint density at radius 3 is 2.50 bits per heavy atom. The third-order valence-electron chi connectivity index (χ3n) is 5.01. The molecule has 2 fully saturated rings. The second-order valence-electron chi connectivity index (χ2n) is 7.30. The number of ether oxygens (including phenoxy) is 1. The quantitative estimate of drug-likeness (QED) is 0.835. The van der Waals surface area contributed by atoms with Crippen LogP contribution in [-0.2, 0) is 9.53 Å². The highest BCUT2D eigenvalue weighted by molar-refractivity contribution is 6.42. The van der Waals surface area contributed by atoms with E-state index >= 15 is 0 Å². The van der Waals surface area contributed by atoms with E-state index in [4.69, 9.17) is 27.9 Å². The number of carbonyl (C=O) groups excluding carboxylic acids is 2. The summed E-state index contributed by atoms with van der Waals surface area (Å²) in [4.78, 5) is 27.7. The molecule has 7 heteroatoms. The van der Waals surface area contributed by atoms with Gasteiger partial charge in [-0.3, -0.25) is 14.5 Å². The Morgan fingerprint density at radius 1 is 1.19 bits per heavy atom. The minimum atomic E-state index is -0.708. The Hall–Kier alpha value is -1.30. The van der Waals surface area contributed by atoms with Crippen molar-refractivity contribution in [2.24, 2.45) is 0 Å². The molecular weight excluding hydrogens is 375 g/mol. The smallest absolute Gasteiger partial charge is 0.256 e. The van der Waals surface area contributed by atoms with Gasteiger partial charge in [0.25, 0.3) is 5.91 Å². The summed E-state index contributed by atoms with van der Waals surface area (Å²) >= 11 is 12.1. The number of nitrogens with zero attached hydrogens (tertiary/aromatic N) is 1. The van der Waals surface area contributed by atoms with Crippen LogP contribution in [0.25, 0.3) is 0 Å². The largest absolute Gasteiger partial charge is 0.353 e. The van der Waals surface area contributed by atoms with Gasteiger partial charge < -0.3 is 10.1 Å². The van der Waals surface area contributed by atoms with Crippen molar-refractivity contribution in [3.63, 3.8) is 0 Å². The van der Waals surface area contributed by atoms with Crippen molar-refractivity contribution in [2.75, 3.05) is 6.61 Å². The van der Waals surface area contributed by atoms with E-state index in [2.05, 4.69) is 5.32 Å². The first-order chi connectivity index (χ1) is 12.3. The van der Waals surface area contributed by atoms with E-state index in [9.17, 15) is 9.59 Å². The summed E-state index contributed by atoms with van der Waals surface area (Å²) < 4.78 is 6.09. The second kappa shape index (κ2) is 7.75. The molecule has 1 aromatic rings. The van der Waals surface area contributed by atoms with Gasteiger partial charge in [-0.05, 0) is 57.7 Å². The third kappa shape index (κ3) is 3.71. The van der Waals surface area contributed by atoms with Crippen LogP contribution in [-0.4, -0.2) is 41.1 Å². The zero-order valence-corrected chi connectivity index (χ0v) is 16.6. The highest BCUT2D eigenvalue weighted by Crippen LogP contribution is 2.41. The lowest BCUT2D eigenvalue weighted by Crippen LogP contribution is -2.57. The first kappa shape index (κ1) is 19.5. The first-order valence-electron chi connectivity index (χ1n) is 9.07. The maximum atomic E-state index is 13.3. The van der Waals surface area contributed by atoms with Crippen molar-refractivity contribution in [3.8, 4) is 0 Å². The van der Waals surface area contributed by atoms with Crippen LogP contribution < -0.4 is 5.32 Å². The van der Waals surface area contributed by atoms with Crippen molar-refractivity contribution in [3.05, 3.63) is 33.8 Å². The molecule has 1 aliphatic carbocycles. The van der Waals surface area contributed by atoms with Gasteiger partial charge in [-0.15, -0.1) is 0 Å². The summed E-state index contributed by atoms with van der Waals surface area (Å²) in [7, 11) is 0. The average Bonchev–Trinajstić information content (AvgIpc) is 2.95. The molecule has 3 rings (SSSR count). The summed E-state index contributed by atoms with van der Waals surface area (Å²) in [6.07, 6.45) is 4.55. The Bertz CT molecular complexity index is 702. The molecule has 1 heterocycles. The standard InChI is InChI=1S/C19H24Cl2N2O3/c1-12(2)22-17(24)16-11-26-19(8-4-3-5-9-19)23(16)18(25)13-6-7-14(20)15(21)10-13/h6-7,10,12,16H,3-5,8-9,11H2,1-2H3,(H,22,24)/t16-/m0/s1. The number of benzene rings is 1. The SMILES string of the molecule is CC(C)NC(=O)[C@@H]1COC2(CCCCC2)N1C(=O)c1ccc(Cl)c(Cl)c1. The predicted octanol–water partition coefficient (Wildman–Crippen LogP) is 4.02. The molecular formula is C19H24Cl2N2O3. The summed E-state index contributed by atoms with van der Waals surface area (Å²) in [5, 5.41) is 3.61. The first-order valence-corrected chi connectivity index (χ1v) is 9.83. The molecule has 1 aliphatic heterocycles. The Morgan fingerprint density at radius 2 is 1.88 bits per heavy atom. The molecule has 1 spiro atoms. The van der Waals surface area contributed by atoms with Gasteiger partial charge >= 0.3 is 0 Å². The normalized spacial score (nSPS) is 22.0. The fraction of sp³-hybridized carbons (Fsp3) is 0.579. The fourth-order valence-corrected chi connectivity index (χ4v) is 4.12. The van der Waals surface area contributed by atoms with E-state index in [1.807, 2.05) is 13.8 Å². The zero-order chi connectivity index (χ0) is 18.9. The van der Waals surface area contributed by atoms with Crippen molar-refractivity contribution < 1.29 is 14.3 Å². The van der Waals surface area contributed by atoms with Crippen molar-refractivity contribution in [2.45, 2.75) is 63.8 Å². The van der Waals surface area contributed by atoms with Crippen LogP contribution in [0.4, 0.5) is 0 Å². The van der Waals surface area contributed by atoms with Crippen LogP contribution in [0.3, 0.4) is 0 Å². The molecule has 1 N–H and O–H groups in total. The van der Waals surface area contributed by atoms with Crippen LogP contribution in [0.2, 0.25) is 10.0 Å². The van der Waals surface area contributed by atoms with E-state index in [0.717, 1.165) is 32.1 Å². The summed E-state index contributed by atoms with van der Waals surface area (Å²) in [5.41, 5.74) is -0.294. The summed E-state index contributed by atoms with van der Waals surface area (Å²) in [6.45, 7) is 4.01. The molecule has 2 aliphatic rings. The van der Waals surface area contributed by atoms with E-state index in [1.54, 1.807) is 23.1 Å². The predicted molar refractivity (Wildman–Crippen MR) is 101 cm³/mol. The Balaban J connectivity index is 1.95. The second-order valence-corrected chi connectivity index (χ2v) is 8.12. The highest BCUT2D eigenvalue weighted by Gasteiger charge is 2.53. The van der Waals surface area contributed by atoms with Crippen LogP contribution >= 0.6 is 23.2 Å². The number of carbonyl (C=O) groups is 2. The lowest BCUT2D eigenvalue weighted by Gasteiger charge is -2.41. The van der Waals surface area contributed by atoms with E-state index < -0.39 is 11.8 Å². The minimum Gasteiger partial charge on any atom is -0.353 e. The van der Waals surface area contributed by atoms with Crippen molar-refractivity contribution in [1.82, 2.24) is 10.2 Å². The van der Waals surface area contributed by atoms with Gasteiger partial charge in [-0.25, -0.2) is 0 Å². The number of rotatable bonds is 3. The number of hydrogen-bond acceptors (Lipinski definition) is 3. The molecule has 5 nitrogen and oxygen atoms in total. The maximum absolute atomic E-state index is 13.3. The molecule has 2 amide bonds. The van der Waals surface area contributed by atoms with Crippen molar-refractivity contribution in [1.29, 1.82) is 0 Å². The molecule has 1 aromatic carbocycles. The fourth-order valence-electron chi connectivity index (χ4n) is 3.82. The maximum Gasteiger partial charge on any atom is 0.256 e. The van der Waals surface area contributed by atoms with Crippen LogP contribution in [0, 0.1) is 0 Å². The molecule has 1 saturated heterocycles. The van der Waals surface area contributed by atoms with Crippen molar-refractivity contribution >= 4 is 35.0 Å². The Kier molecular flexibility index (Phi) is 5.80. The third-order valence-corrected chi connectivity index (χ3v) is 5.75. The number of hydrogen-bond donors (Lipinski definition) is 1. The van der Waals surface area contributed by atoms with Gasteiger partial charge in [-0.2, -0.15) is 0 Å². The zero-order valence-electron chi connectivity index (χ0n) is 15.1. The lowest BCUT2D eigenvalue weighted by atomic mass is 9.89. The van der Waals surface area contributed by atoms with E-state index in [0.29, 0.717) is 15.6 Å². The van der Waals surface area contributed by atoms with Crippen LogP contribution in [0.1, 0.15) is 56.3 Å². The lowest BCUT2D eigenvalue weighted by molar-refractivity contribution is -0.127. The summed E-state index contributed by atoms with van der Waals surface area (Å²) in [6, 6.07) is 4.15. The molecule has 1 saturated carbocycles. The molecule has 1 atom stereocenters. The average molecular weight is 399 g/mol. The number of nitrogens with one attached hydrogen (secondary N) is 1. The van der Waals surface area contributed by atoms with Gasteiger partial charge in [0.2, 0.25) is 5.91 Å². The van der Waals surface area contributed by atoms with E-state index in [1.165, 1.54) is 0 Å². The van der Waals surface area contributed by atoms with Crippen LogP contribution in [0.15, 0.2) is 18.2 Å². The van der Waals surface area contributed by atoms with Gasteiger partial charge in [0.1, 0.15) is 11.8 Å². The van der Waals surface area contributed by atoms with Crippen LogP contribution in [0.5, 0.6) is 0 Å². The topological polar surface area (TPSA) is 58.6 Å². The Labute approximate surface area is 164 Å². The molecule has 0 aromatic heterocycles. The molecule has 0 unspecified atom stereocenters. The molecule has 0 radical (unpaired) electrons. The molecule has 142 valence electrons. The highest BCUT2D eigenvalue weighted by atomic mass is 35.5. The summed E-state index contributed by atoms with van der Waals surface area (Å²) in [5.74, 6) is -0.428. The van der Waals surface area contributed by atoms with Gasteiger partial charge in [0.15, 0.2) is 0 Å². The van der Waals surface area contributed by atoms with E-state index in [-0.39, 0.29) is 24.5 Å². The number of amides is 2. The number of halogens is 2. The van der Waals surface area contributed by atoms with Gasteiger partial charge in [0, 0.05) is 11.6 Å². The van der Waals surface area contributed by atoms with Gasteiger partial charge in [0.05, 0.1) is 16.7 Å². The molecule has 26 heavy (non-hydrogen) atoms.